The third-order valence-corrected chi connectivity index (χ3v) is 2.90. The van der Waals surface area contributed by atoms with E-state index in [-0.39, 0.29) is 17.4 Å². The van der Waals surface area contributed by atoms with Crippen molar-refractivity contribution in [3.05, 3.63) is 0 Å². The van der Waals surface area contributed by atoms with E-state index in [4.69, 9.17) is 9.47 Å². The minimum atomic E-state index is -0.161. The first-order valence-electron chi connectivity index (χ1n) is 6.31. The molecule has 1 heterocycles. The first-order chi connectivity index (χ1) is 7.99. The maximum absolute atomic E-state index is 11.4. The maximum atomic E-state index is 11.4. The molecule has 0 N–H and O–H groups in total. The molecule has 1 aliphatic heterocycles. The van der Waals surface area contributed by atoms with Crippen molar-refractivity contribution in [2.45, 2.75) is 52.4 Å². The van der Waals surface area contributed by atoms with Crippen molar-refractivity contribution in [1.29, 1.82) is 0 Å². The maximum Gasteiger partial charge on any atom is 0.305 e. The van der Waals surface area contributed by atoms with E-state index in [1.807, 2.05) is 0 Å². The lowest BCUT2D eigenvalue weighted by molar-refractivity contribution is -0.147. The summed E-state index contributed by atoms with van der Waals surface area (Å²) in [5.41, 5.74) is -0.0455. The zero-order valence-corrected chi connectivity index (χ0v) is 10.8. The van der Waals surface area contributed by atoms with E-state index in [0.29, 0.717) is 38.9 Å². The van der Waals surface area contributed by atoms with Gasteiger partial charge in [0.1, 0.15) is 0 Å². The predicted octanol–water partition coefficient (Wildman–Crippen LogP) is 2.45. The van der Waals surface area contributed by atoms with Gasteiger partial charge in [0, 0.05) is 12.8 Å². The van der Waals surface area contributed by atoms with Gasteiger partial charge in [-0.2, -0.15) is 0 Å². The Kier molecular flexibility index (Phi) is 5.45. The number of cyclic esters (lactones) is 2. The zero-order chi connectivity index (χ0) is 12.7. The molecule has 0 unspecified atom stereocenters. The van der Waals surface area contributed by atoms with Crippen LogP contribution in [0.2, 0.25) is 0 Å². The average molecular weight is 242 g/mol. The molecule has 1 saturated heterocycles. The van der Waals surface area contributed by atoms with Crippen molar-refractivity contribution >= 4 is 11.9 Å². The Balaban J connectivity index is 2.47. The number of ether oxygens (including phenoxy) is 2. The standard InChI is InChI=1S/C13H22O4/c1-13(2)8-5-9-16-11(14)6-3-4-7-12(15)17-10-13/h3-10H2,1-2H3. The van der Waals surface area contributed by atoms with Gasteiger partial charge in [0.05, 0.1) is 13.2 Å². The van der Waals surface area contributed by atoms with Crippen LogP contribution >= 0.6 is 0 Å². The van der Waals surface area contributed by atoms with E-state index in [9.17, 15) is 9.59 Å². The minimum Gasteiger partial charge on any atom is -0.466 e. The molecular formula is C13H22O4. The molecule has 0 aromatic rings. The van der Waals surface area contributed by atoms with Crippen LogP contribution in [0.3, 0.4) is 0 Å². The summed E-state index contributed by atoms with van der Waals surface area (Å²) in [4.78, 5) is 22.7. The van der Waals surface area contributed by atoms with Crippen molar-refractivity contribution in [1.82, 2.24) is 0 Å². The molecule has 0 aromatic carbocycles. The Hall–Kier alpha value is -1.06. The molecule has 0 spiro atoms. The Morgan fingerprint density at radius 3 is 2.18 bits per heavy atom. The van der Waals surface area contributed by atoms with Crippen LogP contribution < -0.4 is 0 Å². The molecule has 4 heteroatoms. The third kappa shape index (κ3) is 6.29. The Bertz CT molecular complexity index is 271. The predicted molar refractivity (Wildman–Crippen MR) is 63.4 cm³/mol. The molecule has 1 fully saturated rings. The van der Waals surface area contributed by atoms with Gasteiger partial charge in [-0.15, -0.1) is 0 Å². The van der Waals surface area contributed by atoms with Crippen LogP contribution in [0, 0.1) is 5.41 Å². The molecule has 4 nitrogen and oxygen atoms in total. The smallest absolute Gasteiger partial charge is 0.305 e. The quantitative estimate of drug-likeness (QED) is 0.612. The summed E-state index contributed by atoms with van der Waals surface area (Å²) < 4.78 is 10.3. The fourth-order valence-electron chi connectivity index (χ4n) is 1.77. The van der Waals surface area contributed by atoms with Gasteiger partial charge in [-0.1, -0.05) is 13.8 Å². The highest BCUT2D eigenvalue weighted by atomic mass is 16.5. The van der Waals surface area contributed by atoms with Gasteiger partial charge in [0.15, 0.2) is 0 Å². The van der Waals surface area contributed by atoms with Crippen molar-refractivity contribution in [2.75, 3.05) is 13.2 Å². The molecule has 1 aliphatic rings. The van der Waals surface area contributed by atoms with E-state index in [0.717, 1.165) is 12.8 Å². The second kappa shape index (κ2) is 6.62. The van der Waals surface area contributed by atoms with Crippen LogP contribution in [0.25, 0.3) is 0 Å². The molecule has 1 rings (SSSR count). The summed E-state index contributed by atoms with van der Waals surface area (Å²) >= 11 is 0. The van der Waals surface area contributed by atoms with Gasteiger partial charge in [-0.25, -0.2) is 0 Å². The van der Waals surface area contributed by atoms with Crippen LogP contribution in [0.1, 0.15) is 52.4 Å². The van der Waals surface area contributed by atoms with Crippen molar-refractivity contribution in [3.63, 3.8) is 0 Å². The van der Waals surface area contributed by atoms with Crippen molar-refractivity contribution in [3.8, 4) is 0 Å². The second-order valence-corrected chi connectivity index (χ2v) is 5.36. The van der Waals surface area contributed by atoms with Gasteiger partial charge in [-0.3, -0.25) is 9.59 Å². The largest absolute Gasteiger partial charge is 0.466 e. The van der Waals surface area contributed by atoms with Crippen molar-refractivity contribution in [2.24, 2.45) is 5.41 Å². The molecule has 0 aromatic heterocycles. The van der Waals surface area contributed by atoms with Gasteiger partial charge < -0.3 is 9.47 Å². The molecule has 0 bridgehead atoms. The molecule has 0 atom stereocenters. The molecule has 17 heavy (non-hydrogen) atoms. The Morgan fingerprint density at radius 1 is 0.941 bits per heavy atom. The number of rotatable bonds is 0. The lowest BCUT2D eigenvalue weighted by Crippen LogP contribution is -2.22. The Morgan fingerprint density at radius 2 is 1.53 bits per heavy atom. The molecule has 0 radical (unpaired) electrons. The highest BCUT2D eigenvalue weighted by Crippen LogP contribution is 2.23. The van der Waals surface area contributed by atoms with Crippen molar-refractivity contribution < 1.29 is 19.1 Å². The van der Waals surface area contributed by atoms with E-state index >= 15 is 0 Å². The number of esters is 2. The molecule has 98 valence electrons. The van der Waals surface area contributed by atoms with Crippen LogP contribution in [0.4, 0.5) is 0 Å². The lowest BCUT2D eigenvalue weighted by atomic mass is 9.89. The summed E-state index contributed by atoms with van der Waals surface area (Å²) in [6.07, 6.45) is 3.87. The van der Waals surface area contributed by atoms with Crippen LogP contribution in [-0.2, 0) is 19.1 Å². The highest BCUT2D eigenvalue weighted by Gasteiger charge is 2.20. The number of carbonyl (C=O) groups is 2. The Labute approximate surface area is 103 Å². The molecule has 0 saturated carbocycles. The first kappa shape index (κ1) is 14.0. The fourth-order valence-corrected chi connectivity index (χ4v) is 1.77. The topological polar surface area (TPSA) is 52.6 Å². The molecular weight excluding hydrogens is 220 g/mol. The monoisotopic (exact) mass is 242 g/mol. The van der Waals surface area contributed by atoms with Gasteiger partial charge in [-0.05, 0) is 31.1 Å². The van der Waals surface area contributed by atoms with E-state index in [1.54, 1.807) is 0 Å². The van der Waals surface area contributed by atoms with E-state index in [1.165, 1.54) is 0 Å². The van der Waals surface area contributed by atoms with Gasteiger partial charge >= 0.3 is 11.9 Å². The average Bonchev–Trinajstić information content (AvgIpc) is 2.28. The summed E-state index contributed by atoms with van der Waals surface area (Å²) in [6.45, 7) is 5.03. The van der Waals surface area contributed by atoms with E-state index in [2.05, 4.69) is 13.8 Å². The summed E-state index contributed by atoms with van der Waals surface area (Å²) in [7, 11) is 0. The third-order valence-electron chi connectivity index (χ3n) is 2.90. The molecule has 0 amide bonds. The summed E-state index contributed by atoms with van der Waals surface area (Å²) in [5.74, 6) is -0.318. The van der Waals surface area contributed by atoms with Crippen LogP contribution in [0.15, 0.2) is 0 Å². The number of carbonyl (C=O) groups excluding carboxylic acids is 2. The van der Waals surface area contributed by atoms with Crippen LogP contribution in [0.5, 0.6) is 0 Å². The fraction of sp³-hybridized carbons (Fsp3) is 0.846. The van der Waals surface area contributed by atoms with Gasteiger partial charge in [0.25, 0.3) is 0 Å². The summed E-state index contributed by atoms with van der Waals surface area (Å²) in [6, 6.07) is 0. The van der Waals surface area contributed by atoms with Crippen LogP contribution in [-0.4, -0.2) is 25.2 Å². The normalized spacial score (nSPS) is 23.6. The highest BCUT2D eigenvalue weighted by molar-refractivity contribution is 5.70. The number of hydrogen-bond acceptors (Lipinski definition) is 4. The minimum absolute atomic E-state index is 0.0455. The lowest BCUT2D eigenvalue weighted by Gasteiger charge is -2.23. The SMILES string of the molecule is CC1(C)CCCOC(=O)CCCCC(=O)OC1. The van der Waals surface area contributed by atoms with Gasteiger partial charge in [0.2, 0.25) is 0 Å². The second-order valence-electron chi connectivity index (χ2n) is 5.36. The zero-order valence-electron chi connectivity index (χ0n) is 10.8. The number of hydrogen-bond donors (Lipinski definition) is 0. The first-order valence-corrected chi connectivity index (χ1v) is 6.31. The molecule has 0 aliphatic carbocycles. The summed E-state index contributed by atoms with van der Waals surface area (Å²) in [5, 5.41) is 0. The van der Waals surface area contributed by atoms with E-state index < -0.39 is 0 Å².